The average Bonchev–Trinajstić information content (AvgIpc) is 3.61. The summed E-state index contributed by atoms with van der Waals surface area (Å²) in [5, 5.41) is 15.6. The summed E-state index contributed by atoms with van der Waals surface area (Å²) in [5.74, 6) is 0.407. The van der Waals surface area contributed by atoms with Crippen LogP contribution in [0.1, 0.15) is 62.5 Å². The van der Waals surface area contributed by atoms with E-state index in [2.05, 4.69) is 30.2 Å². The number of hydrogen-bond donors (Lipinski definition) is 4. The summed E-state index contributed by atoms with van der Waals surface area (Å²) in [6.07, 6.45) is 4.80. The fourth-order valence-electron chi connectivity index (χ4n) is 4.94. The topological polar surface area (TPSA) is 135 Å². The van der Waals surface area contributed by atoms with Gasteiger partial charge >= 0.3 is 0 Å². The normalized spacial score (nSPS) is 20.5. The number of hydrogen-bond acceptors (Lipinski definition) is 9. The predicted molar refractivity (Wildman–Crippen MR) is 148 cm³/mol. The Labute approximate surface area is 227 Å². The smallest absolute Gasteiger partial charge is 0.258 e. The van der Waals surface area contributed by atoms with Crippen LogP contribution in [0.25, 0.3) is 0 Å². The molecule has 2 aromatic rings. The standard InChI is InChI=1S/C27H38N6O4S/c1-18-13-22(30-24(28-18)31-25(2,3)15-34)29-23(35)20-6-5-19(38(36)32-26(4)16-37-17-26)14-21(20)33-11-9-27(7-8-27)10-12-33/h5-6,13-14,32,34H,7-12,15-17H2,1-4H3,(H2,28,29,30,31,35). The Morgan fingerprint density at radius 3 is 2.50 bits per heavy atom. The summed E-state index contributed by atoms with van der Waals surface area (Å²) in [6, 6.07) is 7.09. The summed E-state index contributed by atoms with van der Waals surface area (Å²) in [5.41, 5.74) is 1.54. The van der Waals surface area contributed by atoms with E-state index in [9.17, 15) is 14.5 Å². The number of piperidine rings is 1. The quantitative estimate of drug-likeness (QED) is 0.353. The summed E-state index contributed by atoms with van der Waals surface area (Å²) in [7, 11) is 0. The molecule has 1 aliphatic carbocycles. The lowest BCUT2D eigenvalue weighted by Gasteiger charge is -2.38. The van der Waals surface area contributed by atoms with Gasteiger partial charge in [-0.1, -0.05) is 0 Å². The van der Waals surface area contributed by atoms with E-state index >= 15 is 0 Å². The third-order valence-electron chi connectivity index (χ3n) is 7.67. The first-order chi connectivity index (χ1) is 18.0. The van der Waals surface area contributed by atoms with Gasteiger partial charge in [0.05, 0.1) is 48.0 Å². The molecule has 1 saturated carbocycles. The van der Waals surface area contributed by atoms with Crippen molar-refractivity contribution in [2.24, 2.45) is 5.41 Å². The molecule has 1 aromatic carbocycles. The monoisotopic (exact) mass is 542 g/mol. The second-order valence-electron chi connectivity index (χ2n) is 11.9. The van der Waals surface area contributed by atoms with Crippen molar-refractivity contribution in [3.8, 4) is 0 Å². The number of nitrogens with zero attached hydrogens (tertiary/aromatic N) is 3. The molecule has 2 saturated heterocycles. The Balaban J connectivity index is 1.39. The largest absolute Gasteiger partial charge is 0.593 e. The molecule has 1 amide bonds. The van der Waals surface area contributed by atoms with Gasteiger partial charge in [0.15, 0.2) is 4.90 Å². The van der Waals surface area contributed by atoms with Crippen LogP contribution in [0.4, 0.5) is 17.5 Å². The number of anilines is 3. The molecule has 0 radical (unpaired) electrons. The molecule has 206 valence electrons. The summed E-state index contributed by atoms with van der Waals surface area (Å²) >= 11 is -1.43. The van der Waals surface area contributed by atoms with Crippen LogP contribution in [0, 0.1) is 12.3 Å². The number of amides is 1. The lowest BCUT2D eigenvalue weighted by atomic mass is 9.93. The number of benzene rings is 1. The highest BCUT2D eigenvalue weighted by atomic mass is 32.2. The summed E-state index contributed by atoms with van der Waals surface area (Å²) in [6.45, 7) is 10.2. The minimum absolute atomic E-state index is 0.0960. The van der Waals surface area contributed by atoms with Gasteiger partial charge in [-0.25, -0.2) is 4.98 Å². The minimum atomic E-state index is -1.43. The number of carbonyl (C=O) groups is 1. The van der Waals surface area contributed by atoms with Crippen LogP contribution < -0.4 is 20.3 Å². The van der Waals surface area contributed by atoms with Crippen molar-refractivity contribution < 1.29 is 19.2 Å². The molecule has 3 heterocycles. The SMILES string of the molecule is Cc1cc(NC(=O)c2ccc([S+]([O-])NC3(C)COC3)cc2N2CCC3(CC2)CC3)nc(NC(C)(C)CO)n1. The number of aliphatic hydroxyl groups excluding tert-OH is 1. The maximum Gasteiger partial charge on any atom is 0.258 e. The molecule has 0 bridgehead atoms. The second kappa shape index (κ2) is 10.3. The van der Waals surface area contributed by atoms with Gasteiger partial charge in [0.1, 0.15) is 11.4 Å². The zero-order valence-electron chi connectivity index (χ0n) is 22.6. The molecule has 3 aliphatic rings. The highest BCUT2D eigenvalue weighted by molar-refractivity contribution is 7.89. The van der Waals surface area contributed by atoms with Crippen molar-refractivity contribution in [1.29, 1.82) is 0 Å². The first kappa shape index (κ1) is 27.1. The van der Waals surface area contributed by atoms with Gasteiger partial charge < -0.3 is 29.9 Å². The van der Waals surface area contributed by atoms with Crippen LogP contribution in [-0.2, 0) is 16.1 Å². The number of carbonyl (C=O) groups excluding carboxylic acids is 1. The molecule has 10 nitrogen and oxygen atoms in total. The van der Waals surface area contributed by atoms with Gasteiger partial charge in [-0.05, 0) is 70.9 Å². The fraction of sp³-hybridized carbons (Fsp3) is 0.593. The van der Waals surface area contributed by atoms with Gasteiger partial charge in [0, 0.05) is 30.9 Å². The van der Waals surface area contributed by atoms with Crippen LogP contribution in [0.2, 0.25) is 0 Å². The van der Waals surface area contributed by atoms with Gasteiger partial charge in [-0.2, -0.15) is 4.98 Å². The van der Waals surface area contributed by atoms with E-state index in [1.165, 1.54) is 12.8 Å². The van der Waals surface area contributed by atoms with Crippen molar-refractivity contribution in [3.05, 3.63) is 35.5 Å². The maximum absolute atomic E-state index is 13.6. The van der Waals surface area contributed by atoms with E-state index in [-0.39, 0.29) is 18.1 Å². The van der Waals surface area contributed by atoms with E-state index in [1.54, 1.807) is 18.2 Å². The van der Waals surface area contributed by atoms with E-state index in [0.717, 1.165) is 31.6 Å². The number of nitrogens with one attached hydrogen (secondary N) is 3. The first-order valence-electron chi connectivity index (χ1n) is 13.2. The Bertz CT molecular complexity index is 1190. The molecule has 38 heavy (non-hydrogen) atoms. The number of aliphatic hydroxyl groups is 1. The van der Waals surface area contributed by atoms with Crippen LogP contribution in [0.3, 0.4) is 0 Å². The molecule has 11 heteroatoms. The van der Waals surface area contributed by atoms with Gasteiger partial charge in [-0.15, -0.1) is 4.72 Å². The molecular weight excluding hydrogens is 504 g/mol. The molecule has 3 fully saturated rings. The zero-order chi connectivity index (χ0) is 27.1. The van der Waals surface area contributed by atoms with Crippen LogP contribution in [0.5, 0.6) is 0 Å². The number of ether oxygens (including phenoxy) is 1. The van der Waals surface area contributed by atoms with Crippen molar-refractivity contribution in [2.75, 3.05) is 48.4 Å². The minimum Gasteiger partial charge on any atom is -0.593 e. The second-order valence-corrected chi connectivity index (χ2v) is 13.1. The van der Waals surface area contributed by atoms with E-state index in [1.807, 2.05) is 33.8 Å². The first-order valence-corrected chi connectivity index (χ1v) is 14.4. The Morgan fingerprint density at radius 2 is 1.89 bits per heavy atom. The average molecular weight is 543 g/mol. The van der Waals surface area contributed by atoms with Gasteiger partial charge in [0.2, 0.25) is 5.95 Å². The number of rotatable bonds is 9. The molecule has 1 aromatic heterocycles. The van der Waals surface area contributed by atoms with E-state index in [4.69, 9.17) is 4.74 Å². The van der Waals surface area contributed by atoms with Crippen LogP contribution in [0.15, 0.2) is 29.2 Å². The Kier molecular flexibility index (Phi) is 7.34. The van der Waals surface area contributed by atoms with Gasteiger partial charge in [-0.3, -0.25) is 4.79 Å². The third kappa shape index (κ3) is 6.07. The van der Waals surface area contributed by atoms with Crippen molar-refractivity contribution >= 4 is 34.7 Å². The molecule has 1 atom stereocenters. The lowest BCUT2D eigenvalue weighted by Crippen LogP contribution is -2.59. The predicted octanol–water partition coefficient (Wildman–Crippen LogP) is 3.00. The molecular formula is C27H38N6O4S. The molecule has 1 unspecified atom stereocenters. The van der Waals surface area contributed by atoms with Crippen molar-refractivity contribution in [1.82, 2.24) is 14.7 Å². The number of aryl methyl sites for hydroxylation is 1. The van der Waals surface area contributed by atoms with Crippen LogP contribution in [-0.4, -0.2) is 69.5 Å². The van der Waals surface area contributed by atoms with Crippen LogP contribution >= 0.6 is 0 Å². The van der Waals surface area contributed by atoms with E-state index in [0.29, 0.717) is 46.5 Å². The highest BCUT2D eigenvalue weighted by Crippen LogP contribution is 2.54. The Hall–Kier alpha value is -2.44. The maximum atomic E-state index is 13.6. The van der Waals surface area contributed by atoms with Crippen molar-refractivity contribution in [3.63, 3.8) is 0 Å². The molecule has 1 spiro atoms. The third-order valence-corrected chi connectivity index (χ3v) is 9.03. The number of aromatic nitrogens is 2. The summed E-state index contributed by atoms with van der Waals surface area (Å²) < 4.78 is 21.6. The highest BCUT2D eigenvalue weighted by Gasteiger charge is 2.45. The fourth-order valence-corrected chi connectivity index (χ4v) is 6.04. The van der Waals surface area contributed by atoms with Crippen molar-refractivity contribution in [2.45, 2.75) is 69.4 Å². The molecule has 2 aliphatic heterocycles. The zero-order valence-corrected chi connectivity index (χ0v) is 23.4. The molecule has 4 N–H and O–H groups in total. The summed E-state index contributed by atoms with van der Waals surface area (Å²) in [4.78, 5) is 25.3. The van der Waals surface area contributed by atoms with Gasteiger partial charge in [0.25, 0.3) is 5.91 Å². The Morgan fingerprint density at radius 1 is 1.18 bits per heavy atom. The molecule has 5 rings (SSSR count). The lowest BCUT2D eigenvalue weighted by molar-refractivity contribution is -0.0523. The van der Waals surface area contributed by atoms with E-state index < -0.39 is 16.9 Å².